The van der Waals surface area contributed by atoms with Gasteiger partial charge in [-0.15, -0.1) is 11.3 Å². The van der Waals surface area contributed by atoms with Crippen molar-refractivity contribution in [1.82, 2.24) is 4.98 Å². The first-order valence-corrected chi connectivity index (χ1v) is 9.41. The highest BCUT2D eigenvalue weighted by atomic mass is 32.1. The smallest absolute Gasteiger partial charge is 0.312 e. The minimum absolute atomic E-state index is 0.00166. The van der Waals surface area contributed by atoms with Crippen molar-refractivity contribution in [3.8, 4) is 0 Å². The Kier molecular flexibility index (Phi) is 5.98. The summed E-state index contributed by atoms with van der Waals surface area (Å²) < 4.78 is 31.5. The molecule has 1 N–H and O–H groups in total. The zero-order valence-electron chi connectivity index (χ0n) is 14.9. The van der Waals surface area contributed by atoms with Gasteiger partial charge in [0.2, 0.25) is 5.91 Å². The van der Waals surface area contributed by atoms with Crippen LogP contribution in [0, 0.1) is 11.6 Å². The van der Waals surface area contributed by atoms with Crippen LogP contribution in [-0.2, 0) is 25.5 Å². The molecule has 1 saturated heterocycles. The molecule has 2 amide bonds. The van der Waals surface area contributed by atoms with E-state index in [1.165, 1.54) is 18.3 Å². The number of anilines is 2. The fraction of sp³-hybridized carbons (Fsp3) is 0.333. The van der Waals surface area contributed by atoms with Gasteiger partial charge in [-0.3, -0.25) is 19.3 Å². The van der Waals surface area contributed by atoms with Crippen LogP contribution in [-0.4, -0.2) is 35.4 Å². The number of hydrogen-bond donors (Lipinski definition) is 1. The van der Waals surface area contributed by atoms with Crippen molar-refractivity contribution in [1.29, 1.82) is 0 Å². The number of aromatic nitrogens is 1. The molecule has 0 unspecified atom stereocenters. The Hall–Kier alpha value is -2.88. The quantitative estimate of drug-likeness (QED) is 0.741. The number of nitrogens with one attached hydrogen (secondary N) is 1. The first kappa shape index (κ1) is 19.9. The molecule has 28 heavy (non-hydrogen) atoms. The highest BCUT2D eigenvalue weighted by molar-refractivity contribution is 7.14. The molecule has 3 rings (SSSR count). The van der Waals surface area contributed by atoms with Crippen LogP contribution in [0.5, 0.6) is 0 Å². The standard InChI is InChI=1S/C18H17F2N3O4S/c1-10(17(26)22-14-5-4-11(19)7-13(14)20)27-16(25)8-12-9-28-18(21-12)23-6-2-3-15(23)24/h4-5,7,9-10H,2-3,6,8H2,1H3,(H,22,26)/t10-/m0/s1. The molecular formula is C18H17F2N3O4S. The van der Waals surface area contributed by atoms with Crippen LogP contribution in [0.2, 0.25) is 0 Å². The lowest BCUT2D eigenvalue weighted by atomic mass is 10.2. The zero-order chi connectivity index (χ0) is 20.3. The number of ether oxygens (including phenoxy) is 1. The number of hydrogen-bond acceptors (Lipinski definition) is 6. The van der Waals surface area contributed by atoms with Crippen molar-refractivity contribution in [2.24, 2.45) is 0 Å². The molecule has 1 aliphatic heterocycles. The fourth-order valence-electron chi connectivity index (χ4n) is 2.62. The lowest BCUT2D eigenvalue weighted by molar-refractivity contribution is -0.152. The van der Waals surface area contributed by atoms with E-state index in [2.05, 4.69) is 10.3 Å². The molecule has 0 bridgehead atoms. The normalized spacial score (nSPS) is 14.8. The third kappa shape index (κ3) is 4.69. The van der Waals surface area contributed by atoms with Crippen molar-refractivity contribution in [3.63, 3.8) is 0 Å². The van der Waals surface area contributed by atoms with E-state index in [4.69, 9.17) is 4.74 Å². The molecule has 1 fully saturated rings. The minimum Gasteiger partial charge on any atom is -0.452 e. The molecule has 0 saturated carbocycles. The summed E-state index contributed by atoms with van der Waals surface area (Å²) in [6.07, 6.45) is -0.0914. The van der Waals surface area contributed by atoms with Crippen LogP contribution < -0.4 is 10.2 Å². The second kappa shape index (κ2) is 8.42. The van der Waals surface area contributed by atoms with E-state index in [9.17, 15) is 23.2 Å². The van der Waals surface area contributed by atoms with E-state index in [1.54, 1.807) is 10.3 Å². The first-order valence-electron chi connectivity index (χ1n) is 8.53. The van der Waals surface area contributed by atoms with Gasteiger partial charge < -0.3 is 10.1 Å². The van der Waals surface area contributed by atoms with Crippen LogP contribution in [0.4, 0.5) is 19.6 Å². The molecule has 1 aliphatic rings. The van der Waals surface area contributed by atoms with Gasteiger partial charge in [-0.25, -0.2) is 13.8 Å². The summed E-state index contributed by atoms with van der Waals surface area (Å²) in [6.45, 7) is 1.94. The predicted molar refractivity (Wildman–Crippen MR) is 97.9 cm³/mol. The minimum atomic E-state index is -1.18. The number of rotatable bonds is 6. The van der Waals surface area contributed by atoms with Crippen LogP contribution in [0.3, 0.4) is 0 Å². The largest absolute Gasteiger partial charge is 0.452 e. The Morgan fingerprint density at radius 3 is 2.86 bits per heavy atom. The number of carbonyl (C=O) groups is 3. The second-order valence-electron chi connectivity index (χ2n) is 6.19. The van der Waals surface area contributed by atoms with Gasteiger partial charge in [0, 0.05) is 24.4 Å². The Bertz CT molecular complexity index is 918. The van der Waals surface area contributed by atoms with E-state index < -0.39 is 29.6 Å². The molecule has 1 aromatic heterocycles. The van der Waals surface area contributed by atoms with E-state index in [1.807, 2.05) is 0 Å². The van der Waals surface area contributed by atoms with Crippen molar-refractivity contribution in [2.45, 2.75) is 32.3 Å². The maximum atomic E-state index is 13.6. The number of halogens is 2. The Labute approximate surface area is 163 Å². The number of thiazole rings is 1. The van der Waals surface area contributed by atoms with E-state index in [0.717, 1.165) is 18.6 Å². The van der Waals surface area contributed by atoms with Crippen molar-refractivity contribution in [2.75, 3.05) is 16.8 Å². The number of amides is 2. The van der Waals surface area contributed by atoms with E-state index in [-0.39, 0.29) is 18.0 Å². The Morgan fingerprint density at radius 1 is 1.39 bits per heavy atom. The van der Waals surface area contributed by atoms with Crippen LogP contribution in [0.25, 0.3) is 0 Å². The molecule has 1 aromatic carbocycles. The molecule has 0 radical (unpaired) electrons. The molecule has 0 aliphatic carbocycles. The summed E-state index contributed by atoms with van der Waals surface area (Å²) in [4.78, 5) is 41.7. The maximum absolute atomic E-state index is 13.6. The summed E-state index contributed by atoms with van der Waals surface area (Å²) in [7, 11) is 0. The molecule has 2 heterocycles. The van der Waals surface area contributed by atoms with Crippen LogP contribution in [0.1, 0.15) is 25.5 Å². The Balaban J connectivity index is 1.53. The second-order valence-corrected chi connectivity index (χ2v) is 7.03. The summed E-state index contributed by atoms with van der Waals surface area (Å²) in [5, 5.41) is 4.42. The molecule has 2 aromatic rings. The highest BCUT2D eigenvalue weighted by Crippen LogP contribution is 2.25. The maximum Gasteiger partial charge on any atom is 0.312 e. The zero-order valence-corrected chi connectivity index (χ0v) is 15.7. The molecule has 10 heteroatoms. The lowest BCUT2D eigenvalue weighted by Crippen LogP contribution is -2.30. The monoisotopic (exact) mass is 409 g/mol. The van der Waals surface area contributed by atoms with Gasteiger partial charge in [-0.2, -0.15) is 0 Å². The van der Waals surface area contributed by atoms with Crippen molar-refractivity contribution < 1.29 is 27.9 Å². The topological polar surface area (TPSA) is 88.6 Å². The van der Waals surface area contributed by atoms with Crippen LogP contribution in [0.15, 0.2) is 23.6 Å². The molecule has 1 atom stereocenters. The van der Waals surface area contributed by atoms with Gasteiger partial charge >= 0.3 is 5.97 Å². The van der Waals surface area contributed by atoms with Crippen molar-refractivity contribution >= 4 is 39.9 Å². The van der Waals surface area contributed by atoms with E-state index in [0.29, 0.717) is 29.9 Å². The highest BCUT2D eigenvalue weighted by Gasteiger charge is 2.25. The van der Waals surface area contributed by atoms with Gasteiger partial charge in [-0.1, -0.05) is 0 Å². The summed E-state index contributed by atoms with van der Waals surface area (Å²) in [5.41, 5.74) is 0.218. The number of nitrogens with zero attached hydrogens (tertiary/aromatic N) is 2. The van der Waals surface area contributed by atoms with Crippen LogP contribution >= 0.6 is 11.3 Å². The SMILES string of the molecule is C[C@H](OC(=O)Cc1csc(N2CCCC2=O)n1)C(=O)Nc1ccc(F)cc1F. The number of carbonyl (C=O) groups excluding carboxylic acids is 3. The number of esters is 1. The third-order valence-corrected chi connectivity index (χ3v) is 4.95. The molecule has 0 spiro atoms. The van der Waals surface area contributed by atoms with E-state index >= 15 is 0 Å². The predicted octanol–water partition coefficient (Wildman–Crippen LogP) is 2.66. The van der Waals surface area contributed by atoms with Gasteiger partial charge in [0.05, 0.1) is 17.8 Å². The Morgan fingerprint density at radius 2 is 2.18 bits per heavy atom. The van der Waals surface area contributed by atoms with Gasteiger partial charge in [0.15, 0.2) is 11.2 Å². The average Bonchev–Trinajstić information content (AvgIpc) is 3.25. The summed E-state index contributed by atoms with van der Waals surface area (Å²) >= 11 is 1.26. The molecular weight excluding hydrogens is 392 g/mol. The molecule has 148 valence electrons. The van der Waals surface area contributed by atoms with Gasteiger partial charge in [0.1, 0.15) is 11.6 Å². The summed E-state index contributed by atoms with van der Waals surface area (Å²) in [6, 6.07) is 2.71. The van der Waals surface area contributed by atoms with Gasteiger partial charge in [0.25, 0.3) is 5.91 Å². The third-order valence-electron chi connectivity index (χ3n) is 4.04. The first-order chi connectivity index (χ1) is 13.3. The number of benzene rings is 1. The molecule has 7 nitrogen and oxygen atoms in total. The van der Waals surface area contributed by atoms with Gasteiger partial charge in [-0.05, 0) is 25.5 Å². The summed E-state index contributed by atoms with van der Waals surface area (Å²) in [5.74, 6) is -3.14. The fourth-order valence-corrected chi connectivity index (χ4v) is 3.49. The van der Waals surface area contributed by atoms with Crippen molar-refractivity contribution in [3.05, 3.63) is 40.9 Å². The lowest BCUT2D eigenvalue weighted by Gasteiger charge is -2.13. The average molecular weight is 409 g/mol.